The van der Waals surface area contributed by atoms with Crippen LogP contribution in [-0.4, -0.2) is 41.0 Å². The van der Waals surface area contributed by atoms with Crippen molar-refractivity contribution in [2.45, 2.75) is 19.6 Å². The van der Waals surface area contributed by atoms with Crippen molar-refractivity contribution in [2.24, 2.45) is 0 Å². The molecule has 0 saturated heterocycles. The summed E-state index contributed by atoms with van der Waals surface area (Å²) in [7, 11) is 0. The Morgan fingerprint density at radius 1 is 1.18 bits per heavy atom. The molecule has 10 nitrogen and oxygen atoms in total. The Bertz CT molecular complexity index is 1740. The smallest absolute Gasteiger partial charge is 0.326 e. The predicted octanol–water partition coefficient (Wildman–Crippen LogP) is 4.03. The normalized spacial score (nSPS) is 12.7. The fourth-order valence-corrected chi connectivity index (χ4v) is 5.01. The number of hydrogen-bond acceptors (Lipinski definition) is 8. The van der Waals surface area contributed by atoms with Crippen molar-refractivity contribution >= 4 is 50.5 Å². The lowest BCUT2D eigenvalue weighted by molar-refractivity contribution is -0.143. The molecule has 0 spiro atoms. The number of nitriles is 1. The highest BCUT2D eigenvalue weighted by Gasteiger charge is 2.23. The van der Waals surface area contributed by atoms with E-state index in [4.69, 9.17) is 10.00 Å². The van der Waals surface area contributed by atoms with Crippen LogP contribution in [0.4, 0.5) is 11.4 Å². The maximum absolute atomic E-state index is 12.5. The highest BCUT2D eigenvalue weighted by Crippen LogP contribution is 2.35. The number of ether oxygens (including phenoxy) is 1. The molecule has 5 rings (SSSR count). The molecular formula is C28H22N5O5S-. The fraction of sp³-hybridized carbons (Fsp3) is 0.143. The summed E-state index contributed by atoms with van der Waals surface area (Å²) in [5, 5.41) is 21.1. The van der Waals surface area contributed by atoms with Crippen molar-refractivity contribution in [3.63, 3.8) is 0 Å². The number of aliphatic hydroxyl groups is 1. The molecule has 196 valence electrons. The minimum Gasteiger partial charge on any atom is -0.755 e. The summed E-state index contributed by atoms with van der Waals surface area (Å²) in [6, 6.07) is 22.1. The van der Waals surface area contributed by atoms with Gasteiger partial charge in [-0.2, -0.15) is 5.26 Å². The standard InChI is InChI=1S/C28H23N5O5S/c1-2-38-25(34)17-32-23-13-12-21(33(39(36)37)24-7-3-5-19-6-4-14-30-26(19)24)15-22(23)31-28(32)27(35)20-10-8-18(16-29)9-11-20/h3-15,27,35H,2,17H2,1H3,(H,36,37)/p-1. The highest BCUT2D eigenvalue weighted by atomic mass is 32.2. The maximum atomic E-state index is 12.5. The van der Waals surface area contributed by atoms with Gasteiger partial charge < -0.3 is 19.0 Å². The number of fused-ring (bicyclic) bond motifs is 2. The molecule has 2 atom stereocenters. The van der Waals surface area contributed by atoms with E-state index in [0.717, 1.165) is 9.69 Å². The Balaban J connectivity index is 1.64. The summed E-state index contributed by atoms with van der Waals surface area (Å²) in [6.45, 7) is 1.67. The largest absolute Gasteiger partial charge is 0.755 e. The van der Waals surface area contributed by atoms with Gasteiger partial charge in [0.2, 0.25) is 0 Å². The van der Waals surface area contributed by atoms with Crippen molar-refractivity contribution in [1.82, 2.24) is 14.5 Å². The number of imidazole rings is 1. The van der Waals surface area contributed by atoms with E-state index in [1.54, 1.807) is 73.8 Å². The van der Waals surface area contributed by atoms with Crippen LogP contribution in [0.3, 0.4) is 0 Å². The average molecular weight is 541 g/mol. The summed E-state index contributed by atoms with van der Waals surface area (Å²) < 4.78 is 32.7. The van der Waals surface area contributed by atoms with Gasteiger partial charge >= 0.3 is 5.97 Å². The monoisotopic (exact) mass is 540 g/mol. The quantitative estimate of drug-likeness (QED) is 0.229. The zero-order valence-electron chi connectivity index (χ0n) is 20.7. The zero-order chi connectivity index (χ0) is 27.5. The Kier molecular flexibility index (Phi) is 7.33. The minimum atomic E-state index is -2.70. The van der Waals surface area contributed by atoms with Crippen molar-refractivity contribution in [2.75, 3.05) is 10.9 Å². The van der Waals surface area contributed by atoms with Crippen LogP contribution in [-0.2, 0) is 27.3 Å². The van der Waals surface area contributed by atoms with E-state index in [-0.39, 0.29) is 19.0 Å². The van der Waals surface area contributed by atoms with Crippen molar-refractivity contribution in [1.29, 1.82) is 5.26 Å². The lowest BCUT2D eigenvalue weighted by Crippen LogP contribution is -2.20. The van der Waals surface area contributed by atoms with Crippen molar-refractivity contribution in [3.05, 3.63) is 95.9 Å². The average Bonchev–Trinajstić information content (AvgIpc) is 3.30. The van der Waals surface area contributed by atoms with E-state index in [1.165, 1.54) is 4.57 Å². The van der Waals surface area contributed by atoms with E-state index in [1.807, 2.05) is 18.2 Å². The topological polar surface area (TPSA) is 144 Å². The number of esters is 1. The van der Waals surface area contributed by atoms with E-state index in [2.05, 4.69) is 9.97 Å². The first-order valence-electron chi connectivity index (χ1n) is 12.0. The minimum absolute atomic E-state index is 0.168. The second-order valence-electron chi connectivity index (χ2n) is 8.53. The third kappa shape index (κ3) is 5.08. The van der Waals surface area contributed by atoms with Crippen LogP contribution in [0.15, 0.2) is 79.0 Å². The molecule has 0 amide bonds. The molecule has 2 heterocycles. The van der Waals surface area contributed by atoms with E-state index in [9.17, 15) is 18.7 Å². The number of nitrogens with zero attached hydrogens (tertiary/aromatic N) is 5. The highest BCUT2D eigenvalue weighted by molar-refractivity contribution is 7.81. The summed E-state index contributed by atoms with van der Waals surface area (Å²) in [5.74, 6) is -0.347. The number of hydrogen-bond donors (Lipinski definition) is 1. The number of rotatable bonds is 8. The number of aromatic nitrogens is 3. The van der Waals surface area contributed by atoms with Crippen molar-refractivity contribution < 1.29 is 23.4 Å². The van der Waals surface area contributed by atoms with Gasteiger partial charge in [0.15, 0.2) is 0 Å². The fourth-order valence-electron chi connectivity index (χ4n) is 4.42. The number of pyridine rings is 1. The van der Waals surface area contributed by atoms with Gasteiger partial charge in [0.05, 0.1) is 57.4 Å². The van der Waals surface area contributed by atoms with Crippen LogP contribution in [0, 0.1) is 11.3 Å². The van der Waals surface area contributed by atoms with Gasteiger partial charge in [-0.25, -0.2) is 4.98 Å². The lowest BCUT2D eigenvalue weighted by atomic mass is 10.1. The van der Waals surface area contributed by atoms with Crippen molar-refractivity contribution in [3.8, 4) is 6.07 Å². The molecule has 1 N–H and O–H groups in total. The molecule has 0 radical (unpaired) electrons. The SMILES string of the molecule is CCOC(=O)Cn1c(C(O)c2ccc(C#N)cc2)nc2cc(N(c3cccc4cccnc34)S(=O)[O-])ccc21. The molecule has 0 fully saturated rings. The van der Waals surface area contributed by atoms with Crippen LogP contribution in [0.1, 0.15) is 30.0 Å². The van der Waals surface area contributed by atoms with Gasteiger partial charge in [-0.15, -0.1) is 0 Å². The first-order chi connectivity index (χ1) is 18.9. The molecule has 5 aromatic rings. The Hall–Kier alpha value is -4.63. The van der Waals surface area contributed by atoms with Gasteiger partial charge in [0, 0.05) is 11.6 Å². The van der Waals surface area contributed by atoms with Crippen LogP contribution in [0.25, 0.3) is 21.9 Å². The number of anilines is 2. The number of aliphatic hydroxyl groups excluding tert-OH is 1. The zero-order valence-corrected chi connectivity index (χ0v) is 21.5. The molecule has 39 heavy (non-hydrogen) atoms. The molecule has 2 aromatic heterocycles. The first kappa shape index (κ1) is 26.0. The summed E-state index contributed by atoms with van der Waals surface area (Å²) in [4.78, 5) is 21.4. The summed E-state index contributed by atoms with van der Waals surface area (Å²) in [6.07, 6.45) is 0.365. The second-order valence-corrected chi connectivity index (χ2v) is 9.33. The van der Waals surface area contributed by atoms with Gasteiger partial charge in [-0.3, -0.25) is 18.3 Å². The number of carbonyl (C=O) groups excluding carboxylic acids is 1. The van der Waals surface area contributed by atoms with Gasteiger partial charge in [-0.1, -0.05) is 30.3 Å². The molecule has 2 unspecified atom stereocenters. The second kappa shape index (κ2) is 11.0. The number of para-hydroxylation sites is 1. The Morgan fingerprint density at radius 3 is 2.67 bits per heavy atom. The molecule has 11 heteroatoms. The molecular weight excluding hydrogens is 518 g/mol. The van der Waals surface area contributed by atoms with Crippen LogP contribution in [0.2, 0.25) is 0 Å². The maximum Gasteiger partial charge on any atom is 0.326 e. The van der Waals surface area contributed by atoms with E-state index >= 15 is 0 Å². The number of carbonyl (C=O) groups is 1. The van der Waals surface area contributed by atoms with Gasteiger partial charge in [-0.05, 0) is 55.0 Å². The third-order valence-electron chi connectivity index (χ3n) is 6.17. The summed E-state index contributed by atoms with van der Waals surface area (Å²) in [5.41, 5.74) is 2.95. The molecule has 3 aromatic carbocycles. The molecule has 0 bridgehead atoms. The van der Waals surface area contributed by atoms with E-state index in [0.29, 0.717) is 39.1 Å². The third-order valence-corrected chi connectivity index (χ3v) is 6.87. The molecule has 0 aliphatic rings. The van der Waals surface area contributed by atoms with Gasteiger partial charge in [0.25, 0.3) is 0 Å². The Morgan fingerprint density at radius 2 is 1.95 bits per heavy atom. The van der Waals surface area contributed by atoms with Crippen LogP contribution in [0.5, 0.6) is 0 Å². The summed E-state index contributed by atoms with van der Waals surface area (Å²) >= 11 is -2.70. The number of benzene rings is 3. The van der Waals surface area contributed by atoms with Crippen LogP contribution < -0.4 is 4.31 Å². The molecule has 0 aliphatic carbocycles. The first-order valence-corrected chi connectivity index (χ1v) is 13.0. The predicted molar refractivity (Wildman–Crippen MR) is 144 cm³/mol. The van der Waals surface area contributed by atoms with Gasteiger partial charge in [0.1, 0.15) is 18.5 Å². The lowest BCUT2D eigenvalue weighted by Gasteiger charge is -2.27. The van der Waals surface area contributed by atoms with Crippen LogP contribution >= 0.6 is 0 Å². The molecule has 0 aliphatic heterocycles. The van der Waals surface area contributed by atoms with E-state index < -0.39 is 23.3 Å². The molecule has 0 saturated carbocycles. The Labute approximate surface area is 226 Å².